The molecule has 8 nitrogen and oxygen atoms in total. The molecule has 0 aliphatic carbocycles. The number of carbonyl (C=O) groups is 2. The molecule has 0 heterocycles. The molecule has 0 bridgehead atoms. The maximum absolute atomic E-state index is 13.1. The first-order chi connectivity index (χ1) is 14.4. The summed E-state index contributed by atoms with van der Waals surface area (Å²) in [5.41, 5.74) is -0.408. The van der Waals surface area contributed by atoms with Gasteiger partial charge in [-0.05, 0) is 57.2 Å². The molecule has 168 valence electrons. The highest BCUT2D eigenvalue weighted by molar-refractivity contribution is 7.89. The Bertz CT molecular complexity index is 1070. The normalized spacial score (nSPS) is 11.6. The van der Waals surface area contributed by atoms with Crippen molar-refractivity contribution in [2.45, 2.75) is 31.3 Å². The van der Waals surface area contributed by atoms with E-state index in [9.17, 15) is 22.4 Å². The molecule has 0 aromatic heterocycles. The van der Waals surface area contributed by atoms with Crippen molar-refractivity contribution in [2.75, 3.05) is 18.4 Å². The zero-order valence-electron chi connectivity index (χ0n) is 17.2. The van der Waals surface area contributed by atoms with Gasteiger partial charge in [0.2, 0.25) is 10.0 Å². The molecule has 0 radical (unpaired) electrons. The average molecular weight is 472 g/mol. The molecular formula is C20H23ClFN3O5S. The van der Waals surface area contributed by atoms with Crippen molar-refractivity contribution in [2.24, 2.45) is 0 Å². The molecule has 0 saturated carbocycles. The second-order valence-electron chi connectivity index (χ2n) is 7.43. The van der Waals surface area contributed by atoms with Crippen LogP contribution in [0.5, 0.6) is 0 Å². The van der Waals surface area contributed by atoms with Crippen molar-refractivity contribution >= 4 is 39.3 Å². The topological polar surface area (TPSA) is 114 Å². The molecule has 0 atom stereocenters. The van der Waals surface area contributed by atoms with Crippen molar-refractivity contribution in [1.29, 1.82) is 0 Å². The highest BCUT2D eigenvalue weighted by Gasteiger charge is 2.18. The number of halogens is 2. The van der Waals surface area contributed by atoms with Gasteiger partial charge in [-0.3, -0.25) is 4.79 Å². The number of hydrogen-bond donors (Lipinski definition) is 3. The van der Waals surface area contributed by atoms with Crippen LogP contribution in [-0.2, 0) is 14.8 Å². The second kappa shape index (κ2) is 10.1. The van der Waals surface area contributed by atoms with Crippen LogP contribution in [0.4, 0.5) is 14.9 Å². The van der Waals surface area contributed by atoms with Crippen molar-refractivity contribution < 1.29 is 27.1 Å². The predicted molar refractivity (Wildman–Crippen MR) is 115 cm³/mol. The van der Waals surface area contributed by atoms with Crippen LogP contribution in [0, 0.1) is 5.82 Å². The molecule has 2 amide bonds. The number of hydrogen-bond acceptors (Lipinski definition) is 5. The molecule has 0 spiro atoms. The molecular weight excluding hydrogens is 449 g/mol. The number of nitrogens with one attached hydrogen (secondary N) is 3. The summed E-state index contributed by atoms with van der Waals surface area (Å²) >= 11 is 5.88. The Kier molecular flexibility index (Phi) is 7.99. The number of amides is 2. The lowest BCUT2D eigenvalue weighted by molar-refractivity contribution is 0.0528. The van der Waals surface area contributed by atoms with E-state index < -0.39 is 33.4 Å². The van der Waals surface area contributed by atoms with Crippen LogP contribution < -0.4 is 15.4 Å². The zero-order chi connectivity index (χ0) is 23.2. The minimum absolute atomic E-state index is 0.0215. The zero-order valence-corrected chi connectivity index (χ0v) is 18.7. The van der Waals surface area contributed by atoms with Gasteiger partial charge in [0.1, 0.15) is 11.4 Å². The summed E-state index contributed by atoms with van der Waals surface area (Å²) in [7, 11) is -3.90. The number of sulfonamides is 1. The molecule has 2 rings (SSSR count). The van der Waals surface area contributed by atoms with Crippen LogP contribution in [0.3, 0.4) is 0 Å². The number of alkyl carbamates (subject to hydrolysis) is 1. The van der Waals surface area contributed by atoms with Crippen molar-refractivity contribution in [3.8, 4) is 0 Å². The molecule has 0 saturated heterocycles. The van der Waals surface area contributed by atoms with Gasteiger partial charge in [0, 0.05) is 18.8 Å². The van der Waals surface area contributed by atoms with Crippen LogP contribution in [0.25, 0.3) is 0 Å². The van der Waals surface area contributed by atoms with Gasteiger partial charge in [0.25, 0.3) is 5.91 Å². The maximum atomic E-state index is 13.1. The molecule has 2 aromatic rings. The summed E-state index contributed by atoms with van der Waals surface area (Å²) in [6.07, 6.45) is -0.657. The number of ether oxygens (including phenoxy) is 1. The van der Waals surface area contributed by atoms with Gasteiger partial charge in [-0.25, -0.2) is 22.3 Å². The van der Waals surface area contributed by atoms with Gasteiger partial charge >= 0.3 is 6.09 Å². The van der Waals surface area contributed by atoms with Gasteiger partial charge in [0.05, 0.1) is 15.5 Å². The number of benzene rings is 2. The summed E-state index contributed by atoms with van der Waals surface area (Å²) in [6, 6.07) is 8.90. The van der Waals surface area contributed by atoms with Crippen LogP contribution in [0.15, 0.2) is 47.4 Å². The van der Waals surface area contributed by atoms with Crippen LogP contribution >= 0.6 is 11.6 Å². The minimum atomic E-state index is -3.90. The second-order valence-corrected chi connectivity index (χ2v) is 9.61. The van der Waals surface area contributed by atoms with Gasteiger partial charge < -0.3 is 15.4 Å². The third kappa shape index (κ3) is 7.82. The van der Waals surface area contributed by atoms with E-state index in [4.69, 9.17) is 16.3 Å². The van der Waals surface area contributed by atoms with Crippen molar-refractivity contribution in [1.82, 2.24) is 10.0 Å². The molecule has 11 heteroatoms. The Morgan fingerprint density at radius 2 is 1.81 bits per heavy atom. The monoisotopic (exact) mass is 471 g/mol. The van der Waals surface area contributed by atoms with Gasteiger partial charge in [0.15, 0.2) is 0 Å². The molecule has 31 heavy (non-hydrogen) atoms. The summed E-state index contributed by atoms with van der Waals surface area (Å²) in [5, 5.41) is 4.90. The quantitative estimate of drug-likeness (QED) is 0.534. The fourth-order valence-electron chi connectivity index (χ4n) is 2.36. The van der Waals surface area contributed by atoms with E-state index in [1.807, 2.05) is 0 Å². The van der Waals surface area contributed by atoms with Gasteiger partial charge in [-0.1, -0.05) is 17.7 Å². The van der Waals surface area contributed by atoms with E-state index in [2.05, 4.69) is 15.4 Å². The van der Waals surface area contributed by atoms with E-state index in [-0.39, 0.29) is 34.3 Å². The first-order valence-electron chi connectivity index (χ1n) is 9.20. The lowest BCUT2D eigenvalue weighted by Crippen LogP contribution is -2.37. The Morgan fingerprint density at radius 1 is 1.10 bits per heavy atom. The number of rotatable bonds is 7. The SMILES string of the molecule is CC(C)(C)OC(=O)NCCNS(=O)(=O)c1cccc(NC(=O)c2ccc(F)cc2Cl)c1. The summed E-state index contributed by atoms with van der Waals surface area (Å²) in [6.45, 7) is 5.10. The predicted octanol–water partition coefficient (Wildman–Crippen LogP) is 3.53. The lowest BCUT2D eigenvalue weighted by Gasteiger charge is -2.19. The highest BCUT2D eigenvalue weighted by atomic mass is 35.5. The van der Waals surface area contributed by atoms with Crippen molar-refractivity contribution in [3.63, 3.8) is 0 Å². The van der Waals surface area contributed by atoms with E-state index in [1.165, 1.54) is 30.3 Å². The molecule has 0 aliphatic heterocycles. The van der Waals surface area contributed by atoms with Crippen LogP contribution in [0.2, 0.25) is 5.02 Å². The van der Waals surface area contributed by atoms with E-state index in [0.717, 1.165) is 12.1 Å². The first-order valence-corrected chi connectivity index (χ1v) is 11.1. The minimum Gasteiger partial charge on any atom is -0.444 e. The fourth-order valence-corrected chi connectivity index (χ4v) is 3.69. The Morgan fingerprint density at radius 3 is 2.45 bits per heavy atom. The first kappa shape index (κ1) is 24.6. The Labute approximate surface area is 185 Å². The van der Waals surface area contributed by atoms with Gasteiger partial charge in [-0.15, -0.1) is 0 Å². The smallest absolute Gasteiger partial charge is 0.407 e. The average Bonchev–Trinajstić information content (AvgIpc) is 2.64. The van der Waals surface area contributed by atoms with Crippen LogP contribution in [-0.4, -0.2) is 39.1 Å². The standard InChI is InChI=1S/C20H23ClFN3O5S/c1-20(2,3)30-19(27)23-9-10-24-31(28,29)15-6-4-5-14(12-15)25-18(26)16-8-7-13(22)11-17(16)21/h4-8,11-12,24H,9-10H2,1-3H3,(H,23,27)(H,25,26). The van der Waals surface area contributed by atoms with E-state index in [0.29, 0.717) is 0 Å². The molecule has 0 fully saturated rings. The molecule has 3 N–H and O–H groups in total. The fraction of sp³-hybridized carbons (Fsp3) is 0.300. The number of anilines is 1. The lowest BCUT2D eigenvalue weighted by atomic mass is 10.2. The summed E-state index contributed by atoms with van der Waals surface area (Å²) < 4.78 is 45.5. The maximum Gasteiger partial charge on any atom is 0.407 e. The molecule has 0 aliphatic rings. The third-order valence-corrected chi connectivity index (χ3v) is 5.43. The summed E-state index contributed by atoms with van der Waals surface area (Å²) in [5.74, 6) is -1.20. The third-order valence-electron chi connectivity index (χ3n) is 3.66. The number of carbonyl (C=O) groups excluding carboxylic acids is 2. The highest BCUT2D eigenvalue weighted by Crippen LogP contribution is 2.20. The Balaban J connectivity index is 1.98. The van der Waals surface area contributed by atoms with Crippen molar-refractivity contribution in [3.05, 3.63) is 58.9 Å². The summed E-state index contributed by atoms with van der Waals surface area (Å²) in [4.78, 5) is 23.8. The van der Waals surface area contributed by atoms with E-state index >= 15 is 0 Å². The largest absolute Gasteiger partial charge is 0.444 e. The van der Waals surface area contributed by atoms with Gasteiger partial charge in [-0.2, -0.15) is 0 Å². The Hall–Kier alpha value is -2.69. The van der Waals surface area contributed by atoms with E-state index in [1.54, 1.807) is 20.8 Å². The van der Waals surface area contributed by atoms with Crippen LogP contribution in [0.1, 0.15) is 31.1 Å². The molecule has 2 aromatic carbocycles. The molecule has 0 unspecified atom stereocenters.